The third kappa shape index (κ3) is 8.56. The molecule has 2 aromatic rings. The Labute approximate surface area is 205 Å². The van der Waals surface area contributed by atoms with Crippen LogP contribution in [0.4, 0.5) is 21.6 Å². The monoisotopic (exact) mass is 517 g/mol. The number of nitrogens with zero attached hydrogens (tertiary/aromatic N) is 3. The maximum absolute atomic E-state index is 11.8. The summed E-state index contributed by atoms with van der Waals surface area (Å²) in [6, 6.07) is 8.54. The van der Waals surface area contributed by atoms with Crippen LogP contribution in [0, 0.1) is 6.92 Å². The highest BCUT2D eigenvalue weighted by Crippen LogP contribution is 2.38. The van der Waals surface area contributed by atoms with E-state index in [4.69, 9.17) is 27.9 Å². The van der Waals surface area contributed by atoms with Gasteiger partial charge in [0.1, 0.15) is 12.3 Å². The van der Waals surface area contributed by atoms with E-state index in [1.54, 1.807) is 6.07 Å². The van der Waals surface area contributed by atoms with Crippen LogP contribution in [0.5, 0.6) is 0 Å². The van der Waals surface area contributed by atoms with Gasteiger partial charge in [-0.3, -0.25) is 9.59 Å². The number of Topliss-reactive ketones (excluding diaryl/α,β-unsaturated/α-hetero) is 1. The van der Waals surface area contributed by atoms with Crippen molar-refractivity contribution in [1.82, 2.24) is 0 Å². The molecule has 0 aliphatic heterocycles. The molecular formula is C21H22Cl2FN3O5S. The summed E-state index contributed by atoms with van der Waals surface area (Å²) in [6.07, 6.45) is 0.164. The molecule has 33 heavy (non-hydrogen) atoms. The van der Waals surface area contributed by atoms with Crippen molar-refractivity contribution in [3.8, 4) is 0 Å². The normalized spacial score (nSPS) is 11.1. The van der Waals surface area contributed by atoms with Gasteiger partial charge in [0.2, 0.25) is 0 Å². The lowest BCUT2D eigenvalue weighted by molar-refractivity contribution is -0.358. The number of ketones is 1. The average molecular weight is 518 g/mol. The fourth-order valence-corrected chi connectivity index (χ4v) is 3.64. The third-order valence-electron chi connectivity index (χ3n) is 4.37. The first kappa shape index (κ1) is 27.0. The van der Waals surface area contributed by atoms with E-state index in [-0.39, 0.29) is 28.9 Å². The number of rotatable bonds is 12. The molecule has 0 saturated heterocycles. The highest BCUT2D eigenvalue weighted by molar-refractivity contribution is 7.94. The molecule has 0 unspecified atom stereocenters. The maximum atomic E-state index is 11.8. The van der Waals surface area contributed by atoms with Crippen molar-refractivity contribution in [2.75, 3.05) is 24.6 Å². The van der Waals surface area contributed by atoms with Crippen LogP contribution in [0.25, 0.3) is 0 Å². The number of carbonyl (C=O) groups is 2. The van der Waals surface area contributed by atoms with Crippen molar-refractivity contribution >= 4 is 64.1 Å². The molecule has 0 N–H and O–H groups in total. The molecule has 0 aliphatic rings. The SMILES string of the molecule is CCN(CCC(=O)OCC(C)=O)c1ccc(N=Nc2cc(Cl)c(SOOF)cc2Cl)c(C)c1. The standard InChI is InChI=1S/C21H22Cl2FN3O5S/c1-4-27(8-7-21(29)30-12-14(3)28)15-5-6-18(13(2)9-15)25-26-19-10-17(23)20(11-16(19)22)33-32-31-24/h5-6,9-11H,4,7-8,12H2,1-3H3. The minimum absolute atomic E-state index is 0.164. The van der Waals surface area contributed by atoms with Crippen LogP contribution < -0.4 is 4.90 Å². The summed E-state index contributed by atoms with van der Waals surface area (Å²) in [5.41, 5.74) is 2.72. The smallest absolute Gasteiger partial charge is 0.308 e. The van der Waals surface area contributed by atoms with Gasteiger partial charge >= 0.3 is 5.97 Å². The molecule has 0 bridgehead atoms. The largest absolute Gasteiger partial charge is 0.458 e. The Morgan fingerprint density at radius 3 is 2.48 bits per heavy atom. The van der Waals surface area contributed by atoms with Gasteiger partial charge in [-0.2, -0.15) is 5.11 Å². The Kier molecular flexibility index (Phi) is 11.0. The molecule has 12 heteroatoms. The maximum Gasteiger partial charge on any atom is 0.308 e. The van der Waals surface area contributed by atoms with Crippen LogP contribution in [0.2, 0.25) is 10.0 Å². The number of azo groups is 1. The van der Waals surface area contributed by atoms with E-state index in [1.807, 2.05) is 30.9 Å². The van der Waals surface area contributed by atoms with E-state index in [9.17, 15) is 14.1 Å². The van der Waals surface area contributed by atoms with Gasteiger partial charge in [0.25, 0.3) is 0 Å². The molecule has 2 rings (SSSR count). The van der Waals surface area contributed by atoms with Crippen molar-refractivity contribution in [3.05, 3.63) is 45.9 Å². The van der Waals surface area contributed by atoms with Crippen molar-refractivity contribution in [2.45, 2.75) is 32.1 Å². The van der Waals surface area contributed by atoms with Gasteiger partial charge in [-0.05, 0) is 66.3 Å². The predicted molar refractivity (Wildman–Crippen MR) is 125 cm³/mol. The van der Waals surface area contributed by atoms with Crippen molar-refractivity contribution in [3.63, 3.8) is 0 Å². The second-order valence-electron chi connectivity index (χ2n) is 6.81. The zero-order chi connectivity index (χ0) is 24.4. The van der Waals surface area contributed by atoms with E-state index in [2.05, 4.69) is 19.7 Å². The Hall–Kier alpha value is -2.24. The van der Waals surface area contributed by atoms with Crippen LogP contribution in [0.15, 0.2) is 45.5 Å². The van der Waals surface area contributed by atoms with Crippen molar-refractivity contribution < 1.29 is 28.3 Å². The van der Waals surface area contributed by atoms with Gasteiger partial charge in [0, 0.05) is 18.8 Å². The molecule has 0 heterocycles. The molecule has 0 amide bonds. The first-order valence-corrected chi connectivity index (χ1v) is 11.3. The number of benzene rings is 2. The summed E-state index contributed by atoms with van der Waals surface area (Å²) in [5, 5.41) is 11.9. The number of hydrogen-bond acceptors (Lipinski definition) is 9. The number of halogens is 3. The Morgan fingerprint density at radius 2 is 1.85 bits per heavy atom. The van der Waals surface area contributed by atoms with Gasteiger partial charge < -0.3 is 9.64 Å². The lowest BCUT2D eigenvalue weighted by Crippen LogP contribution is -2.26. The van der Waals surface area contributed by atoms with Crippen molar-refractivity contribution in [2.24, 2.45) is 10.2 Å². The van der Waals surface area contributed by atoms with E-state index >= 15 is 0 Å². The molecule has 0 radical (unpaired) electrons. The van der Waals surface area contributed by atoms with Gasteiger partial charge in [0.15, 0.2) is 5.78 Å². The molecule has 0 saturated carbocycles. The Morgan fingerprint density at radius 1 is 1.12 bits per heavy atom. The second-order valence-corrected chi connectivity index (χ2v) is 8.37. The highest BCUT2D eigenvalue weighted by Gasteiger charge is 2.12. The highest BCUT2D eigenvalue weighted by atomic mass is 35.5. The van der Waals surface area contributed by atoms with Gasteiger partial charge in [0.05, 0.1) is 39.1 Å². The number of aryl methyl sites for hydroxylation is 1. The van der Waals surface area contributed by atoms with Crippen LogP contribution in [0.1, 0.15) is 25.8 Å². The predicted octanol–water partition coefficient (Wildman–Crippen LogP) is 6.91. The first-order valence-electron chi connectivity index (χ1n) is 9.78. The van der Waals surface area contributed by atoms with Gasteiger partial charge in [-0.15, -0.1) is 9.45 Å². The van der Waals surface area contributed by atoms with Gasteiger partial charge in [-0.25, -0.2) is 0 Å². The van der Waals surface area contributed by atoms with Crippen molar-refractivity contribution in [1.29, 1.82) is 0 Å². The first-order chi connectivity index (χ1) is 15.7. The number of hydrogen-bond donors (Lipinski definition) is 0. The third-order valence-corrected chi connectivity index (χ3v) is 5.73. The summed E-state index contributed by atoms with van der Waals surface area (Å²) in [4.78, 5) is 25.1. The molecule has 0 aliphatic carbocycles. The Balaban J connectivity index is 2.09. The molecule has 178 valence electrons. The van der Waals surface area contributed by atoms with E-state index in [0.717, 1.165) is 11.3 Å². The average Bonchev–Trinajstić information content (AvgIpc) is 2.78. The second kappa shape index (κ2) is 13.5. The number of ether oxygens (including phenoxy) is 1. The summed E-state index contributed by atoms with van der Waals surface area (Å²) in [6.45, 7) is 6.14. The molecule has 0 spiro atoms. The number of esters is 1. The van der Waals surface area contributed by atoms with Crippen LogP contribution in [0.3, 0.4) is 0 Å². The number of carbonyl (C=O) groups excluding carboxylic acids is 2. The van der Waals surface area contributed by atoms with Gasteiger partial charge in [-0.1, -0.05) is 23.2 Å². The fourth-order valence-electron chi connectivity index (χ4n) is 2.71. The van der Waals surface area contributed by atoms with E-state index < -0.39 is 5.97 Å². The fraction of sp³-hybridized carbons (Fsp3) is 0.333. The van der Waals surface area contributed by atoms with Crippen LogP contribution >= 0.6 is 35.2 Å². The molecular weight excluding hydrogens is 496 g/mol. The zero-order valence-electron chi connectivity index (χ0n) is 18.1. The van der Waals surface area contributed by atoms with Crippen LogP contribution in [-0.4, -0.2) is 31.4 Å². The molecule has 0 atom stereocenters. The summed E-state index contributed by atoms with van der Waals surface area (Å²) < 4.78 is 20.7. The summed E-state index contributed by atoms with van der Waals surface area (Å²) in [7, 11) is 0. The quantitative estimate of drug-likeness (QED) is 0.0992. The molecule has 8 nitrogen and oxygen atoms in total. The topological polar surface area (TPSA) is 89.8 Å². The van der Waals surface area contributed by atoms with E-state index in [0.29, 0.717) is 41.4 Å². The lowest BCUT2D eigenvalue weighted by Gasteiger charge is -2.23. The zero-order valence-corrected chi connectivity index (χ0v) is 20.5. The summed E-state index contributed by atoms with van der Waals surface area (Å²) >= 11 is 12.9. The summed E-state index contributed by atoms with van der Waals surface area (Å²) in [5.74, 6) is -0.621. The Bertz CT molecular complexity index is 1030. The van der Waals surface area contributed by atoms with E-state index in [1.165, 1.54) is 19.1 Å². The molecule has 2 aromatic carbocycles. The van der Waals surface area contributed by atoms with Crippen LogP contribution in [-0.2, 0) is 23.8 Å². The minimum Gasteiger partial charge on any atom is -0.458 e. The molecule has 0 fully saturated rings. The molecule has 0 aromatic heterocycles. The lowest BCUT2D eigenvalue weighted by atomic mass is 10.1. The number of anilines is 1. The minimum atomic E-state index is -0.422.